The lowest BCUT2D eigenvalue weighted by atomic mass is 9.50. The summed E-state index contributed by atoms with van der Waals surface area (Å²) in [5.74, 6) is -7.14. The Bertz CT molecular complexity index is 4770. The molecule has 18 fully saturated rings. The Morgan fingerprint density at radius 2 is 0.737 bits per heavy atom. The van der Waals surface area contributed by atoms with E-state index in [2.05, 4.69) is 155 Å². The number of rotatable bonds is 23. The molecule has 6 aliphatic heterocycles. The van der Waals surface area contributed by atoms with Crippen molar-refractivity contribution < 1.29 is 141 Å². The van der Waals surface area contributed by atoms with Crippen LogP contribution in [0.3, 0.4) is 0 Å². The highest BCUT2D eigenvalue weighted by atomic mass is 32.3. The lowest BCUT2D eigenvalue weighted by molar-refractivity contribution is -0.884. The highest BCUT2D eigenvalue weighted by Gasteiger charge is 2.73. The molecule has 16 bridgehead atoms. The molecule has 0 spiro atoms. The minimum Gasteiger partial charge on any atom is -0.743 e. The Hall–Kier alpha value is -6.51. The molecular weight excluding hydrogens is 1880 g/mol. The zero-order valence-corrected chi connectivity index (χ0v) is 83.5. The van der Waals surface area contributed by atoms with Crippen molar-refractivity contribution in [2.75, 3.05) is 41.5 Å². The number of hydrogen-bond donors (Lipinski definition) is 0. The van der Waals surface area contributed by atoms with Gasteiger partial charge in [-0.25, -0.2) is 25.3 Å². The summed E-state index contributed by atoms with van der Waals surface area (Å²) in [5, 5.41) is -5.57. The molecule has 12 atom stereocenters. The first kappa shape index (κ1) is 109. The molecule has 27 nitrogen and oxygen atoms in total. The highest BCUT2D eigenvalue weighted by molar-refractivity contribution is 7.98. The second kappa shape index (κ2) is 42.8. The summed E-state index contributed by atoms with van der Waals surface area (Å²) in [5.41, 5.74) is 3.73. The highest BCUT2D eigenvalue weighted by Crippen LogP contribution is 2.65. The first-order valence-corrected chi connectivity index (χ1v) is 55.2. The van der Waals surface area contributed by atoms with Crippen LogP contribution in [-0.4, -0.2) is 200 Å². The molecule has 0 aromatic heterocycles. The Kier molecular flexibility index (Phi) is 34.1. The van der Waals surface area contributed by atoms with Gasteiger partial charge in [0, 0.05) is 51.0 Å². The lowest BCUT2D eigenvalue weighted by Crippen LogP contribution is -2.59. The van der Waals surface area contributed by atoms with Crippen LogP contribution in [0.2, 0.25) is 0 Å². The molecule has 137 heavy (non-hydrogen) atoms. The van der Waals surface area contributed by atoms with Crippen LogP contribution in [0.25, 0.3) is 0 Å². The summed E-state index contributed by atoms with van der Waals surface area (Å²) >= 11 is 0. The second-order valence-corrected chi connectivity index (χ2v) is 53.5. The smallest absolute Gasteiger partial charge is 0.367 e. The van der Waals surface area contributed by atoms with E-state index in [9.17, 15) is 94.8 Å². The van der Waals surface area contributed by atoms with Gasteiger partial charge in [0.2, 0.25) is 10.4 Å². The lowest BCUT2D eigenvalue weighted by Gasteiger charge is -2.59. The molecular formula is C101H143F4NO26S5. The number of alkyl halides is 4. The number of nitrogens with zero attached hydrogens (tertiary/aromatic N) is 1. The molecule has 6 heterocycles. The Balaban J connectivity index is 0.000000160. The van der Waals surface area contributed by atoms with Crippen LogP contribution in [0.5, 0.6) is 0 Å². The molecule has 21 rings (SSSR count). The average molecular weight is 2020 g/mol. The molecule has 18 aliphatic rings. The van der Waals surface area contributed by atoms with E-state index in [-0.39, 0.29) is 61.2 Å². The van der Waals surface area contributed by atoms with Crippen molar-refractivity contribution >= 4 is 100 Å². The Labute approximate surface area is 812 Å². The third kappa shape index (κ3) is 24.8. The number of halogens is 4. The fraction of sp³-hybridized carbons (Fsp3) is 0.743. The number of carbonyl (C=O) groups excluding carboxylic acids is 8. The topological polar surface area (TPSA) is 391 Å². The number of esters is 8. The van der Waals surface area contributed by atoms with Gasteiger partial charge < -0.3 is 56.0 Å². The first-order chi connectivity index (χ1) is 63.1. The van der Waals surface area contributed by atoms with E-state index in [0.29, 0.717) is 58.3 Å². The number of benzene rings is 3. The minimum absolute atomic E-state index is 0. The molecule has 3 aromatic rings. The maximum Gasteiger partial charge on any atom is 0.367 e. The molecule has 0 radical (unpaired) electrons. The van der Waals surface area contributed by atoms with Crippen molar-refractivity contribution in [2.24, 2.45) is 94.7 Å². The third-order valence-corrected chi connectivity index (χ3v) is 40.8. The van der Waals surface area contributed by atoms with Gasteiger partial charge in [-0.15, -0.1) is 0 Å². The average Bonchev–Trinajstić information content (AvgIpc) is 0.806. The van der Waals surface area contributed by atoms with E-state index in [1.54, 1.807) is 9.79 Å². The summed E-state index contributed by atoms with van der Waals surface area (Å²) in [6.45, 7) is 15.0. The van der Waals surface area contributed by atoms with Crippen molar-refractivity contribution in [2.45, 2.75) is 344 Å². The number of fused-ring (bicyclic) bond motifs is 6. The molecule has 6 saturated heterocycles. The van der Waals surface area contributed by atoms with Crippen molar-refractivity contribution in [3.8, 4) is 0 Å². The van der Waals surface area contributed by atoms with Crippen LogP contribution < -0.4 is 0 Å². The molecule has 12 unspecified atom stereocenters. The zero-order chi connectivity index (χ0) is 98.0. The van der Waals surface area contributed by atoms with Gasteiger partial charge in [-0.3, -0.25) is 42.5 Å². The molecule has 36 heteroatoms. The summed E-state index contributed by atoms with van der Waals surface area (Å²) < 4.78 is 191. The fourth-order valence-corrected chi connectivity index (χ4v) is 33.4. The summed E-state index contributed by atoms with van der Waals surface area (Å²) in [6.07, 6.45) is 23.6. The van der Waals surface area contributed by atoms with Crippen molar-refractivity contribution in [1.82, 2.24) is 0 Å². The zero-order valence-electron chi connectivity index (χ0n) is 79.4. The normalized spacial score (nSPS) is 34.9. The van der Waals surface area contributed by atoms with Gasteiger partial charge in [0.25, 0.3) is 0 Å². The maximum absolute atomic E-state index is 13.7. The molecule has 766 valence electrons. The molecule has 0 amide bonds. The van der Waals surface area contributed by atoms with Gasteiger partial charge >= 0.3 is 58.3 Å². The van der Waals surface area contributed by atoms with Crippen molar-refractivity contribution in [3.63, 3.8) is 0 Å². The van der Waals surface area contributed by atoms with Crippen LogP contribution in [0.1, 0.15) is 267 Å². The summed E-state index contributed by atoms with van der Waals surface area (Å²) in [7, 11) is -7.92. The summed E-state index contributed by atoms with van der Waals surface area (Å²) in [6, 6.07) is 29.9. The van der Waals surface area contributed by atoms with Gasteiger partial charge in [0.05, 0.1) is 77.6 Å². The van der Waals surface area contributed by atoms with E-state index in [4.69, 9.17) is 28.4 Å². The minimum atomic E-state index is -6.02. The van der Waals surface area contributed by atoms with Crippen LogP contribution in [0.15, 0.2) is 88.7 Å². The third-order valence-electron chi connectivity index (χ3n) is 32.3. The molecule has 3 aromatic carbocycles. The van der Waals surface area contributed by atoms with E-state index in [0.717, 1.165) is 90.5 Å². The standard InChI is InChI=1S/2C26H32F2O11S.2C18H27S.C10H16N.CH4O4S.2CH4/c2*1-25(13-5-11-4-12(7-13)8-14(25)6-11)39-24(32)20-16-9-15-19(20)23(31)38-22(15)21(16)37-18(30)3-2-17(29)36-10-26(27,28)40(33,34)35;2*1-18(2,3)14-10-12-17(13-11-14)19-15-6-4-7-16(19)9-5-8-15;1-11(2,3)9-10-7-5-4-6-8-10;1-5-6(2,3)4;;/h2*11-16,19-22H,2-10H2,1H3,(H,33,34,35);2*10-13,15-16H,4-9H2,1-3H3;4-8H,9H2,1-3H3;1H3,(H,2,3,4);2*1H4/q;;3*+1;;;/p-3. The fourth-order valence-electron chi connectivity index (χ4n) is 26.1. The number of ether oxygens (including phenoxy) is 8. The Morgan fingerprint density at radius 1 is 0.445 bits per heavy atom. The molecule has 12 saturated carbocycles. The van der Waals surface area contributed by atoms with Crippen molar-refractivity contribution in [3.05, 3.63) is 95.6 Å². The van der Waals surface area contributed by atoms with Gasteiger partial charge in [-0.2, -0.15) is 17.6 Å². The van der Waals surface area contributed by atoms with E-state index >= 15 is 0 Å². The predicted octanol–water partition coefficient (Wildman–Crippen LogP) is 16.2. The maximum atomic E-state index is 13.7. The van der Waals surface area contributed by atoms with E-state index < -0.39 is 199 Å². The van der Waals surface area contributed by atoms with Crippen LogP contribution in [-0.2, 0) is 150 Å². The van der Waals surface area contributed by atoms with Crippen LogP contribution in [0.4, 0.5) is 17.6 Å². The monoisotopic (exact) mass is 2020 g/mol. The van der Waals surface area contributed by atoms with Gasteiger partial charge in [-0.05, 0) is 262 Å². The van der Waals surface area contributed by atoms with Gasteiger partial charge in [-0.1, -0.05) is 111 Å². The predicted molar refractivity (Wildman–Crippen MR) is 500 cm³/mol. The number of quaternary nitrogens is 1. The van der Waals surface area contributed by atoms with Gasteiger partial charge in [0.15, 0.2) is 43.2 Å². The quantitative estimate of drug-likeness (QED) is 0.0162. The van der Waals surface area contributed by atoms with E-state index in [1.807, 2.05) is 13.8 Å². The first-order valence-electron chi connectivity index (χ1n) is 48.3. The molecule has 12 aliphatic carbocycles. The summed E-state index contributed by atoms with van der Waals surface area (Å²) in [4.78, 5) is 105. The SMILES string of the molecule is C.C.CC(C)(C)c1ccc([S+]2C3CCCC2CCC3)cc1.CC(C)(C)c1ccc([S+]2C3CCCC2CCC3)cc1.CC1(OC(=O)C2C3CC4C(OC(=O)C42)C3OC(=O)CCC(=O)OCC(F)(F)S(=O)(=O)[O-])C2CC3CC(C2)CC1C3.CC1(OC(=O)C2C3CC4C(OC(=O)C42)C3OC(=O)CCC(=O)OCC(F)(F)S(=O)(=O)[O-])C2CC3CC(C2)CC1C3.COS(=O)(=O)[O-].C[N+](C)(C)Cc1ccccc1. The van der Waals surface area contributed by atoms with Crippen LogP contribution >= 0.6 is 0 Å². The number of hydrogen-bond acceptors (Lipinski definition) is 26. The van der Waals surface area contributed by atoms with Gasteiger partial charge in [0.1, 0.15) is 63.2 Å². The van der Waals surface area contributed by atoms with Crippen LogP contribution in [0, 0.1) is 94.7 Å². The molecule has 0 N–H and O–H groups in total. The van der Waals surface area contributed by atoms with E-state index in [1.165, 1.54) is 107 Å². The second-order valence-electron chi connectivity index (χ2n) is 44.3. The Morgan fingerprint density at radius 3 is 1.01 bits per heavy atom. The largest absolute Gasteiger partial charge is 0.743 e. The number of carbonyl (C=O) groups is 8. The van der Waals surface area contributed by atoms with Crippen molar-refractivity contribution in [1.29, 1.82) is 0 Å².